The van der Waals surface area contributed by atoms with Gasteiger partial charge in [-0.3, -0.25) is 4.79 Å². The van der Waals surface area contributed by atoms with E-state index in [4.69, 9.17) is 0 Å². The Morgan fingerprint density at radius 3 is 2.30 bits per heavy atom. The third-order valence-corrected chi connectivity index (χ3v) is 11.7. The molecule has 4 aliphatic carbocycles. The van der Waals surface area contributed by atoms with E-state index in [0.29, 0.717) is 45.6 Å². The summed E-state index contributed by atoms with van der Waals surface area (Å²) < 4.78 is 0. The van der Waals surface area contributed by atoms with Crippen LogP contribution in [0.3, 0.4) is 0 Å². The number of allylic oxidation sites excluding steroid dienone is 2. The van der Waals surface area contributed by atoms with Crippen LogP contribution in [0.25, 0.3) is 0 Å². The molecule has 2 heteroatoms. The Labute approximate surface area is 194 Å². The van der Waals surface area contributed by atoms with E-state index in [9.17, 15) is 4.79 Å². The zero-order valence-electron chi connectivity index (χ0n) is 20.3. The highest BCUT2D eigenvalue weighted by Crippen LogP contribution is 2.67. The summed E-state index contributed by atoms with van der Waals surface area (Å²) in [5.41, 5.74) is 0.698. The molecule has 0 unspecified atom stereocenters. The molecular formula is C28H45BrO. The van der Waals surface area contributed by atoms with Gasteiger partial charge in [0, 0.05) is 17.2 Å². The van der Waals surface area contributed by atoms with Gasteiger partial charge in [-0.1, -0.05) is 69.6 Å². The van der Waals surface area contributed by atoms with Gasteiger partial charge < -0.3 is 0 Å². The second kappa shape index (κ2) is 8.35. The van der Waals surface area contributed by atoms with Crippen LogP contribution >= 0.6 is 15.9 Å². The smallest absolute Gasteiger partial charge is 0.136 e. The first-order valence-electron chi connectivity index (χ1n) is 12.9. The highest BCUT2D eigenvalue weighted by molar-refractivity contribution is 9.09. The number of hydrogen-bond donors (Lipinski definition) is 0. The molecule has 0 aliphatic heterocycles. The third kappa shape index (κ3) is 3.69. The molecule has 0 N–H and O–H groups in total. The van der Waals surface area contributed by atoms with Crippen molar-refractivity contribution in [1.82, 2.24) is 0 Å². The minimum Gasteiger partial charge on any atom is -0.299 e. The molecule has 0 aromatic heterocycles. The van der Waals surface area contributed by atoms with Crippen molar-refractivity contribution in [2.24, 2.45) is 58.2 Å². The average molecular weight is 478 g/mol. The molecule has 4 aliphatic rings. The minimum absolute atomic E-state index is 0.266. The van der Waals surface area contributed by atoms with E-state index >= 15 is 0 Å². The first-order chi connectivity index (χ1) is 14.1. The normalized spacial score (nSPS) is 48.3. The summed E-state index contributed by atoms with van der Waals surface area (Å²) in [6, 6.07) is 0. The van der Waals surface area contributed by atoms with Crippen molar-refractivity contribution in [1.29, 1.82) is 0 Å². The maximum Gasteiger partial charge on any atom is 0.136 e. The number of Topliss-reactive ketones (excluding diaryl/α,β-unsaturated/α-hetero) is 1. The van der Waals surface area contributed by atoms with Crippen molar-refractivity contribution >= 4 is 21.7 Å². The molecule has 0 aromatic rings. The second-order valence-corrected chi connectivity index (χ2v) is 13.8. The molecule has 0 aromatic carbocycles. The molecule has 10 atom stereocenters. The van der Waals surface area contributed by atoms with Crippen LogP contribution in [0.1, 0.15) is 92.9 Å². The standard InChI is InChI=1S/C28H45BrO/c1-17(2)18(3)7-8-19(4)22-9-10-23-21-16-26(30)25-15-20(29)11-13-28(25,6)24(21)12-14-27(22,23)5/h7-8,17-25H,9-16H2,1-6H3/b8-7+/t18-,19+,20-,21-,22+,23-,24-,25+,27+,28+/m0/s1. The molecule has 0 radical (unpaired) electrons. The van der Waals surface area contributed by atoms with Crippen molar-refractivity contribution in [3.63, 3.8) is 0 Å². The lowest BCUT2D eigenvalue weighted by molar-refractivity contribution is -0.153. The highest BCUT2D eigenvalue weighted by Gasteiger charge is 2.62. The Morgan fingerprint density at radius 2 is 1.60 bits per heavy atom. The van der Waals surface area contributed by atoms with Gasteiger partial charge in [-0.05, 0) is 97.2 Å². The number of rotatable bonds is 4. The van der Waals surface area contributed by atoms with Crippen LogP contribution < -0.4 is 0 Å². The van der Waals surface area contributed by atoms with Crippen LogP contribution in [0, 0.1) is 58.2 Å². The summed E-state index contributed by atoms with van der Waals surface area (Å²) >= 11 is 3.84. The number of halogens is 1. The molecule has 30 heavy (non-hydrogen) atoms. The van der Waals surface area contributed by atoms with Crippen molar-refractivity contribution in [3.05, 3.63) is 12.2 Å². The Kier molecular flexibility index (Phi) is 6.42. The number of hydrogen-bond acceptors (Lipinski definition) is 1. The molecule has 0 saturated heterocycles. The number of carbonyl (C=O) groups excluding carboxylic acids is 1. The van der Waals surface area contributed by atoms with Gasteiger partial charge in [0.15, 0.2) is 0 Å². The zero-order valence-corrected chi connectivity index (χ0v) is 21.9. The van der Waals surface area contributed by atoms with Gasteiger partial charge in [0.1, 0.15) is 5.78 Å². The summed E-state index contributed by atoms with van der Waals surface area (Å²) in [7, 11) is 0. The Morgan fingerprint density at radius 1 is 0.933 bits per heavy atom. The third-order valence-electron chi connectivity index (χ3n) is 10.9. The Balaban J connectivity index is 1.54. The number of alkyl halides is 1. The fraction of sp³-hybridized carbons (Fsp3) is 0.893. The highest BCUT2D eigenvalue weighted by atomic mass is 79.9. The van der Waals surface area contributed by atoms with E-state index in [1.165, 1.54) is 38.5 Å². The average Bonchev–Trinajstić information content (AvgIpc) is 3.04. The van der Waals surface area contributed by atoms with Gasteiger partial charge in [-0.15, -0.1) is 0 Å². The van der Waals surface area contributed by atoms with E-state index in [1.807, 2.05) is 0 Å². The van der Waals surface area contributed by atoms with Gasteiger partial charge in [-0.2, -0.15) is 0 Å². The van der Waals surface area contributed by atoms with Crippen molar-refractivity contribution < 1.29 is 4.79 Å². The molecule has 0 amide bonds. The summed E-state index contributed by atoms with van der Waals surface area (Å²) in [6.45, 7) is 14.6. The number of fused-ring (bicyclic) bond motifs is 5. The molecular weight excluding hydrogens is 432 g/mol. The van der Waals surface area contributed by atoms with Crippen LogP contribution in [-0.4, -0.2) is 10.6 Å². The first-order valence-corrected chi connectivity index (χ1v) is 13.8. The maximum absolute atomic E-state index is 13.4. The largest absolute Gasteiger partial charge is 0.299 e. The van der Waals surface area contributed by atoms with Gasteiger partial charge in [0.05, 0.1) is 0 Å². The molecule has 170 valence electrons. The van der Waals surface area contributed by atoms with Gasteiger partial charge in [0.2, 0.25) is 0 Å². The van der Waals surface area contributed by atoms with Crippen molar-refractivity contribution in [2.45, 2.75) is 97.7 Å². The van der Waals surface area contributed by atoms with Crippen molar-refractivity contribution in [2.75, 3.05) is 0 Å². The van der Waals surface area contributed by atoms with Crippen LogP contribution in [0.5, 0.6) is 0 Å². The van der Waals surface area contributed by atoms with Crippen LogP contribution in [0.4, 0.5) is 0 Å². The van der Waals surface area contributed by atoms with E-state index in [2.05, 4.69) is 69.6 Å². The van der Waals surface area contributed by atoms with E-state index in [0.717, 1.165) is 30.6 Å². The monoisotopic (exact) mass is 476 g/mol. The lowest BCUT2D eigenvalue weighted by Gasteiger charge is -2.60. The summed E-state index contributed by atoms with van der Waals surface area (Å²) in [4.78, 5) is 13.9. The first kappa shape index (κ1) is 23.1. The minimum atomic E-state index is 0.266. The molecule has 1 nitrogen and oxygen atoms in total. The van der Waals surface area contributed by atoms with E-state index < -0.39 is 0 Å². The predicted molar refractivity (Wildman–Crippen MR) is 131 cm³/mol. The fourth-order valence-electron chi connectivity index (χ4n) is 8.60. The topological polar surface area (TPSA) is 17.1 Å². The fourth-order valence-corrected chi connectivity index (χ4v) is 9.21. The van der Waals surface area contributed by atoms with Crippen LogP contribution in [0.15, 0.2) is 12.2 Å². The predicted octanol–water partition coefficient (Wildman–Crippen LogP) is 8.07. The summed E-state index contributed by atoms with van der Waals surface area (Å²) in [6.07, 6.45) is 14.9. The van der Waals surface area contributed by atoms with Crippen molar-refractivity contribution in [3.8, 4) is 0 Å². The van der Waals surface area contributed by atoms with Gasteiger partial charge >= 0.3 is 0 Å². The summed E-state index contributed by atoms with van der Waals surface area (Å²) in [5.74, 6) is 5.94. The number of carbonyl (C=O) groups is 1. The van der Waals surface area contributed by atoms with Crippen LogP contribution in [-0.2, 0) is 4.79 Å². The lowest BCUT2D eigenvalue weighted by atomic mass is 9.44. The summed E-state index contributed by atoms with van der Waals surface area (Å²) in [5, 5.41) is 0. The quantitative estimate of drug-likeness (QED) is 0.296. The van der Waals surface area contributed by atoms with Gasteiger partial charge in [0.25, 0.3) is 0 Å². The maximum atomic E-state index is 13.4. The molecule has 4 saturated carbocycles. The Hall–Kier alpha value is -0.110. The second-order valence-electron chi connectivity index (χ2n) is 12.6. The Bertz CT molecular complexity index is 682. The number of ketones is 1. The lowest BCUT2D eigenvalue weighted by Crippen LogP contribution is -2.56. The molecule has 4 rings (SSSR count). The zero-order chi connectivity index (χ0) is 21.8. The molecule has 0 spiro atoms. The van der Waals surface area contributed by atoms with Gasteiger partial charge in [-0.25, -0.2) is 0 Å². The molecule has 0 heterocycles. The van der Waals surface area contributed by atoms with E-state index in [-0.39, 0.29) is 5.41 Å². The molecule has 4 fully saturated rings. The van der Waals surface area contributed by atoms with Crippen LogP contribution in [0.2, 0.25) is 0 Å². The SMILES string of the molecule is CC(C)[C@@H](C)/C=C/[C@@H](C)[C@H]1CC[C@H]2[C@@H]3CC(=O)[C@H]4C[C@@H](Br)CC[C@]4(C)[C@H]3CC[C@]12C. The molecule has 0 bridgehead atoms. The van der Waals surface area contributed by atoms with E-state index in [1.54, 1.807) is 0 Å².